The quantitative estimate of drug-likeness (QED) is 0.362. The maximum Gasteiger partial charge on any atom is 0.0379 e. The maximum atomic E-state index is 3.60. The summed E-state index contributed by atoms with van der Waals surface area (Å²) in [6, 6.07) is 22.5. The first-order chi connectivity index (χ1) is 13.2. The lowest BCUT2D eigenvalue weighted by Gasteiger charge is -2.31. The molecule has 27 heavy (non-hydrogen) atoms. The summed E-state index contributed by atoms with van der Waals surface area (Å²) in [6.45, 7) is 5.49. The molecule has 2 atom stereocenters. The second-order valence-corrected chi connectivity index (χ2v) is 8.60. The molecule has 1 nitrogen and oxygen atoms in total. The zero-order chi connectivity index (χ0) is 18.4. The second-order valence-electron chi connectivity index (χ2n) is 7.52. The van der Waals surface area contributed by atoms with Gasteiger partial charge in [-0.2, -0.15) is 0 Å². The van der Waals surface area contributed by atoms with E-state index in [2.05, 4.69) is 92.0 Å². The van der Waals surface area contributed by atoms with Gasteiger partial charge in [-0.1, -0.05) is 49.4 Å². The Morgan fingerprint density at radius 1 is 0.926 bits per heavy atom. The van der Waals surface area contributed by atoms with Gasteiger partial charge in [0.25, 0.3) is 0 Å². The predicted molar refractivity (Wildman–Crippen MR) is 120 cm³/mol. The molecule has 0 aliphatic carbocycles. The molecule has 0 saturated heterocycles. The third-order valence-electron chi connectivity index (χ3n) is 5.75. The summed E-state index contributed by atoms with van der Waals surface area (Å²) in [5.41, 5.74) is 5.30. The number of hydrogen-bond donors (Lipinski definition) is 1. The summed E-state index contributed by atoms with van der Waals surface area (Å²) in [5, 5.41) is 6.32. The fraction of sp³-hybridized carbons (Fsp3) is 0.200. The van der Waals surface area contributed by atoms with Gasteiger partial charge < -0.3 is 5.32 Å². The summed E-state index contributed by atoms with van der Waals surface area (Å²) in [4.78, 5) is 0. The number of allylic oxidation sites excluding steroid dienone is 2. The Labute approximate surface area is 164 Å². The average molecular weight is 370 g/mol. The Balaban J connectivity index is 1.65. The third kappa shape index (κ3) is 2.76. The van der Waals surface area contributed by atoms with Gasteiger partial charge in [0.2, 0.25) is 0 Å². The molecule has 0 spiro atoms. The monoisotopic (exact) mass is 369 g/mol. The minimum Gasteiger partial charge on any atom is -0.385 e. The zero-order valence-electron chi connectivity index (χ0n) is 15.7. The van der Waals surface area contributed by atoms with Crippen LogP contribution in [0.5, 0.6) is 0 Å². The van der Waals surface area contributed by atoms with Crippen molar-refractivity contribution in [1.82, 2.24) is 0 Å². The van der Waals surface area contributed by atoms with Crippen LogP contribution in [0.3, 0.4) is 0 Å². The van der Waals surface area contributed by atoms with Crippen LogP contribution in [0, 0.1) is 5.92 Å². The Morgan fingerprint density at radius 3 is 2.59 bits per heavy atom. The summed E-state index contributed by atoms with van der Waals surface area (Å²) in [7, 11) is 0. The van der Waals surface area contributed by atoms with E-state index in [1.807, 2.05) is 11.3 Å². The Kier molecular flexibility index (Phi) is 4.02. The van der Waals surface area contributed by atoms with Crippen LogP contribution in [-0.2, 0) is 0 Å². The number of nitrogens with one attached hydrogen (secondary N) is 1. The Morgan fingerprint density at radius 2 is 1.70 bits per heavy atom. The van der Waals surface area contributed by atoms with E-state index < -0.39 is 0 Å². The third-order valence-corrected chi connectivity index (χ3v) is 6.90. The van der Waals surface area contributed by atoms with Gasteiger partial charge in [0.1, 0.15) is 0 Å². The lowest BCUT2D eigenvalue weighted by atomic mass is 9.81. The fourth-order valence-electron chi connectivity index (χ4n) is 4.29. The molecule has 0 radical (unpaired) electrons. The number of rotatable bonds is 2. The van der Waals surface area contributed by atoms with E-state index in [-0.39, 0.29) is 0 Å². The van der Waals surface area contributed by atoms with Gasteiger partial charge in [-0.25, -0.2) is 0 Å². The van der Waals surface area contributed by atoms with Crippen molar-refractivity contribution < 1.29 is 0 Å². The predicted octanol–water partition coefficient (Wildman–Crippen LogP) is 7.44. The lowest BCUT2D eigenvalue weighted by molar-refractivity contribution is 0.535. The highest BCUT2D eigenvalue weighted by Gasteiger charge is 2.24. The maximum absolute atomic E-state index is 3.60. The lowest BCUT2D eigenvalue weighted by Crippen LogP contribution is -2.24. The summed E-state index contributed by atoms with van der Waals surface area (Å²) in [5.74, 6) is 1.09. The number of anilines is 1. The number of fused-ring (bicyclic) bond motifs is 4. The highest BCUT2D eigenvalue weighted by Crippen LogP contribution is 2.40. The fourth-order valence-corrected chi connectivity index (χ4v) is 5.38. The van der Waals surface area contributed by atoms with E-state index in [0.29, 0.717) is 11.8 Å². The molecule has 1 aliphatic heterocycles. The van der Waals surface area contributed by atoms with Crippen LogP contribution in [0.2, 0.25) is 0 Å². The first-order valence-electron chi connectivity index (χ1n) is 9.67. The first kappa shape index (κ1) is 16.6. The van der Waals surface area contributed by atoms with E-state index in [9.17, 15) is 0 Å². The van der Waals surface area contributed by atoms with E-state index in [4.69, 9.17) is 0 Å². The summed E-state index contributed by atoms with van der Waals surface area (Å²) < 4.78 is 2.72. The topological polar surface area (TPSA) is 12.0 Å². The van der Waals surface area contributed by atoms with Crippen LogP contribution in [-0.4, -0.2) is 6.54 Å². The molecule has 0 bridgehead atoms. The van der Waals surface area contributed by atoms with E-state index >= 15 is 0 Å². The smallest absolute Gasteiger partial charge is 0.0379 e. The average Bonchev–Trinajstić information content (AvgIpc) is 3.08. The molecule has 1 aliphatic rings. The van der Waals surface area contributed by atoms with Crippen molar-refractivity contribution in [3.8, 4) is 11.1 Å². The molecule has 0 saturated carbocycles. The largest absolute Gasteiger partial charge is 0.385 e. The van der Waals surface area contributed by atoms with Gasteiger partial charge in [0.15, 0.2) is 0 Å². The molecule has 0 amide bonds. The van der Waals surface area contributed by atoms with Crippen molar-refractivity contribution in [1.29, 1.82) is 0 Å². The Bertz CT molecular complexity index is 1170. The minimum atomic E-state index is 0.483. The van der Waals surface area contributed by atoms with Crippen LogP contribution in [0.1, 0.15) is 25.3 Å². The van der Waals surface area contributed by atoms with Crippen molar-refractivity contribution in [3.63, 3.8) is 0 Å². The SMILES string of the molecule is C/C=C\C1c2cc(-c3ccc4sc5ccccc5c4c3)ccc2NCC1C. The molecule has 134 valence electrons. The summed E-state index contributed by atoms with van der Waals surface area (Å²) >= 11 is 1.88. The van der Waals surface area contributed by atoms with Crippen molar-refractivity contribution >= 4 is 37.2 Å². The number of hydrogen-bond acceptors (Lipinski definition) is 2. The Hall–Kier alpha value is -2.58. The highest BCUT2D eigenvalue weighted by atomic mass is 32.1. The normalized spacial score (nSPS) is 19.5. The molecular weight excluding hydrogens is 346 g/mol. The second kappa shape index (κ2) is 6.54. The van der Waals surface area contributed by atoms with Gasteiger partial charge in [-0.05, 0) is 59.9 Å². The molecule has 2 heteroatoms. The van der Waals surface area contributed by atoms with Crippen molar-refractivity contribution in [3.05, 3.63) is 78.4 Å². The van der Waals surface area contributed by atoms with Gasteiger partial charge in [0.05, 0.1) is 0 Å². The van der Waals surface area contributed by atoms with E-state index in [1.54, 1.807) is 0 Å². The van der Waals surface area contributed by atoms with Crippen LogP contribution < -0.4 is 5.32 Å². The van der Waals surface area contributed by atoms with Crippen molar-refractivity contribution in [2.24, 2.45) is 5.92 Å². The molecule has 1 N–H and O–H groups in total. The van der Waals surface area contributed by atoms with Gasteiger partial charge >= 0.3 is 0 Å². The van der Waals surface area contributed by atoms with Crippen LogP contribution in [0.4, 0.5) is 5.69 Å². The van der Waals surface area contributed by atoms with Gasteiger partial charge in [-0.15, -0.1) is 11.3 Å². The molecular formula is C25H23NS. The van der Waals surface area contributed by atoms with Crippen molar-refractivity contribution in [2.45, 2.75) is 19.8 Å². The van der Waals surface area contributed by atoms with E-state index in [0.717, 1.165) is 6.54 Å². The van der Waals surface area contributed by atoms with Gasteiger partial charge in [0, 0.05) is 38.3 Å². The molecule has 3 aromatic carbocycles. The van der Waals surface area contributed by atoms with Crippen LogP contribution in [0.25, 0.3) is 31.3 Å². The molecule has 1 aromatic heterocycles. The van der Waals surface area contributed by atoms with E-state index in [1.165, 1.54) is 42.6 Å². The zero-order valence-corrected chi connectivity index (χ0v) is 16.5. The highest BCUT2D eigenvalue weighted by molar-refractivity contribution is 7.25. The molecule has 5 rings (SSSR count). The number of thiophene rings is 1. The van der Waals surface area contributed by atoms with Crippen LogP contribution >= 0.6 is 11.3 Å². The molecule has 2 heterocycles. The molecule has 2 unspecified atom stereocenters. The first-order valence-corrected chi connectivity index (χ1v) is 10.5. The number of benzene rings is 3. The van der Waals surface area contributed by atoms with Gasteiger partial charge in [-0.3, -0.25) is 0 Å². The van der Waals surface area contributed by atoms with Crippen LogP contribution in [0.15, 0.2) is 72.8 Å². The summed E-state index contributed by atoms with van der Waals surface area (Å²) in [6.07, 6.45) is 4.54. The minimum absolute atomic E-state index is 0.483. The molecule has 4 aromatic rings. The standard InChI is InChI=1S/C25H23NS/c1-3-6-19-16(2)15-26-23-11-9-17(13-21(19)23)18-10-12-25-22(14-18)20-7-4-5-8-24(20)27-25/h3-14,16,19,26H,15H2,1-2H3/b6-3-. The molecule has 0 fully saturated rings. The van der Waals surface area contributed by atoms with Crippen molar-refractivity contribution in [2.75, 3.05) is 11.9 Å².